The molecule has 1 rings (SSSR count). The number of rotatable bonds is 6. The van der Waals surface area contributed by atoms with Crippen LogP contribution in [0.5, 0.6) is 0 Å². The van der Waals surface area contributed by atoms with Gasteiger partial charge in [0.25, 0.3) is 0 Å². The predicted molar refractivity (Wildman–Crippen MR) is 62.7 cm³/mol. The molecule has 0 spiro atoms. The van der Waals surface area contributed by atoms with Crippen LogP contribution in [0.4, 0.5) is 0 Å². The summed E-state index contributed by atoms with van der Waals surface area (Å²) in [6, 6.07) is 0. The quantitative estimate of drug-likeness (QED) is 0.360. The van der Waals surface area contributed by atoms with Gasteiger partial charge in [0.15, 0.2) is 5.79 Å². The summed E-state index contributed by atoms with van der Waals surface area (Å²) in [5, 5.41) is 47.8. The highest BCUT2D eigenvalue weighted by atomic mass is 16.7. The van der Waals surface area contributed by atoms with Gasteiger partial charge in [-0.1, -0.05) is 0 Å². The SMILES string of the molecule is CN(C)CCCC1(O)O[C@H]([C@H](O)CO)[C@H](O)[C@H]1O. The average Bonchev–Trinajstić information content (AvgIpc) is 2.53. The zero-order valence-electron chi connectivity index (χ0n) is 10.7. The van der Waals surface area contributed by atoms with E-state index in [1.807, 2.05) is 19.0 Å². The van der Waals surface area contributed by atoms with Crippen LogP contribution in [-0.4, -0.2) is 87.9 Å². The fraction of sp³-hybridized carbons (Fsp3) is 1.00. The maximum atomic E-state index is 10.1. The Bertz CT molecular complexity index is 264. The first-order valence-electron chi connectivity index (χ1n) is 6.02. The third-order valence-electron chi connectivity index (χ3n) is 3.17. The molecule has 5 atom stereocenters. The second kappa shape index (κ2) is 6.25. The van der Waals surface area contributed by atoms with Crippen molar-refractivity contribution in [3.8, 4) is 0 Å². The Morgan fingerprint density at radius 2 is 1.94 bits per heavy atom. The van der Waals surface area contributed by atoms with Gasteiger partial charge in [-0.25, -0.2) is 0 Å². The van der Waals surface area contributed by atoms with Gasteiger partial charge in [0, 0.05) is 6.42 Å². The number of hydrogen-bond donors (Lipinski definition) is 5. The molecular formula is C11H23NO6. The molecule has 5 N–H and O–H groups in total. The van der Waals surface area contributed by atoms with Gasteiger partial charge in [0.2, 0.25) is 0 Å². The lowest BCUT2D eigenvalue weighted by atomic mass is 9.99. The third kappa shape index (κ3) is 3.39. The Hall–Kier alpha value is -0.280. The number of aliphatic hydroxyl groups excluding tert-OH is 4. The lowest BCUT2D eigenvalue weighted by molar-refractivity contribution is -0.242. The van der Waals surface area contributed by atoms with E-state index >= 15 is 0 Å². The fourth-order valence-electron chi connectivity index (χ4n) is 2.09. The minimum atomic E-state index is -1.88. The van der Waals surface area contributed by atoms with E-state index in [1.165, 1.54) is 0 Å². The van der Waals surface area contributed by atoms with Gasteiger partial charge in [-0.2, -0.15) is 0 Å². The number of hydrogen-bond acceptors (Lipinski definition) is 7. The van der Waals surface area contributed by atoms with E-state index < -0.39 is 36.8 Å². The monoisotopic (exact) mass is 265 g/mol. The van der Waals surface area contributed by atoms with Crippen LogP contribution in [0.3, 0.4) is 0 Å². The van der Waals surface area contributed by atoms with Crippen molar-refractivity contribution in [3.63, 3.8) is 0 Å². The second-order valence-corrected chi connectivity index (χ2v) is 5.02. The predicted octanol–water partition coefficient (Wildman–Crippen LogP) is -2.51. The average molecular weight is 265 g/mol. The molecule has 0 radical (unpaired) electrons. The molecule has 0 aliphatic carbocycles. The molecule has 0 aromatic carbocycles. The number of nitrogens with zero attached hydrogens (tertiary/aromatic N) is 1. The van der Waals surface area contributed by atoms with Crippen LogP contribution in [0.25, 0.3) is 0 Å². The number of aliphatic hydroxyl groups is 5. The van der Waals surface area contributed by atoms with E-state index in [0.717, 1.165) is 0 Å². The van der Waals surface area contributed by atoms with E-state index in [4.69, 9.17) is 9.84 Å². The van der Waals surface area contributed by atoms with Crippen molar-refractivity contribution in [2.24, 2.45) is 0 Å². The van der Waals surface area contributed by atoms with Crippen LogP contribution in [0.15, 0.2) is 0 Å². The molecule has 1 aliphatic heterocycles. The van der Waals surface area contributed by atoms with Gasteiger partial charge in [-0.15, -0.1) is 0 Å². The Kier molecular flexibility index (Phi) is 5.47. The lowest BCUT2D eigenvalue weighted by Gasteiger charge is -2.27. The Morgan fingerprint density at radius 1 is 1.33 bits per heavy atom. The molecule has 1 fully saturated rings. The molecule has 7 heteroatoms. The summed E-state index contributed by atoms with van der Waals surface area (Å²) in [4.78, 5) is 1.92. The van der Waals surface area contributed by atoms with E-state index in [1.54, 1.807) is 0 Å². The topological polar surface area (TPSA) is 114 Å². The van der Waals surface area contributed by atoms with E-state index in [9.17, 15) is 20.4 Å². The summed E-state index contributed by atoms with van der Waals surface area (Å²) in [7, 11) is 3.76. The molecular weight excluding hydrogens is 242 g/mol. The van der Waals surface area contributed by atoms with Crippen molar-refractivity contribution >= 4 is 0 Å². The van der Waals surface area contributed by atoms with Gasteiger partial charge in [-0.3, -0.25) is 0 Å². The number of ether oxygens (including phenoxy) is 1. The fourth-order valence-corrected chi connectivity index (χ4v) is 2.09. The highest BCUT2D eigenvalue weighted by molar-refractivity contribution is 4.97. The van der Waals surface area contributed by atoms with Crippen LogP contribution in [0.2, 0.25) is 0 Å². The van der Waals surface area contributed by atoms with Crippen molar-refractivity contribution in [1.82, 2.24) is 4.90 Å². The first-order valence-corrected chi connectivity index (χ1v) is 6.02. The molecule has 0 amide bonds. The highest BCUT2D eigenvalue weighted by Crippen LogP contribution is 2.34. The Labute approximate surface area is 106 Å². The lowest BCUT2D eigenvalue weighted by Crippen LogP contribution is -2.43. The maximum Gasteiger partial charge on any atom is 0.195 e. The normalized spacial score (nSPS) is 38.3. The molecule has 0 saturated carbocycles. The van der Waals surface area contributed by atoms with Gasteiger partial charge in [0.05, 0.1) is 6.61 Å². The summed E-state index contributed by atoms with van der Waals surface area (Å²) in [6.07, 6.45) is -4.73. The van der Waals surface area contributed by atoms with Gasteiger partial charge >= 0.3 is 0 Å². The summed E-state index contributed by atoms with van der Waals surface area (Å²) < 4.78 is 5.13. The van der Waals surface area contributed by atoms with Crippen LogP contribution in [-0.2, 0) is 4.74 Å². The molecule has 7 nitrogen and oxygen atoms in total. The largest absolute Gasteiger partial charge is 0.394 e. The van der Waals surface area contributed by atoms with Crippen molar-refractivity contribution < 1.29 is 30.3 Å². The minimum Gasteiger partial charge on any atom is -0.394 e. The van der Waals surface area contributed by atoms with E-state index in [2.05, 4.69) is 0 Å². The minimum absolute atomic E-state index is 0.137. The molecule has 0 bridgehead atoms. The third-order valence-corrected chi connectivity index (χ3v) is 3.17. The first-order chi connectivity index (χ1) is 8.31. The first kappa shape index (κ1) is 15.8. The summed E-state index contributed by atoms with van der Waals surface area (Å²) in [5.41, 5.74) is 0. The van der Waals surface area contributed by atoms with E-state index in [0.29, 0.717) is 13.0 Å². The molecule has 1 saturated heterocycles. The smallest absolute Gasteiger partial charge is 0.195 e. The van der Waals surface area contributed by atoms with Crippen LogP contribution in [0.1, 0.15) is 12.8 Å². The molecule has 0 aromatic heterocycles. The zero-order chi connectivity index (χ0) is 13.9. The molecule has 1 unspecified atom stereocenters. The van der Waals surface area contributed by atoms with Crippen molar-refractivity contribution in [2.75, 3.05) is 27.2 Å². The van der Waals surface area contributed by atoms with Gasteiger partial charge < -0.3 is 35.2 Å². The highest BCUT2D eigenvalue weighted by Gasteiger charge is 2.54. The van der Waals surface area contributed by atoms with Crippen LogP contribution >= 0.6 is 0 Å². The van der Waals surface area contributed by atoms with Crippen molar-refractivity contribution in [1.29, 1.82) is 0 Å². The molecule has 1 heterocycles. The summed E-state index contributed by atoms with van der Waals surface area (Å²) in [5.74, 6) is -1.88. The van der Waals surface area contributed by atoms with Crippen LogP contribution in [0, 0.1) is 0 Å². The summed E-state index contributed by atoms with van der Waals surface area (Å²) >= 11 is 0. The standard InChI is InChI=1S/C11H23NO6/c1-12(2)5-3-4-11(17)10(16)8(15)9(18-11)7(14)6-13/h7-10,13-17H,3-6H2,1-2H3/t7-,8+,9-,10-,11?/m1/s1. The Morgan fingerprint density at radius 3 is 2.44 bits per heavy atom. The van der Waals surface area contributed by atoms with Crippen molar-refractivity contribution in [2.45, 2.75) is 43.0 Å². The zero-order valence-corrected chi connectivity index (χ0v) is 10.7. The van der Waals surface area contributed by atoms with Gasteiger partial charge in [0.1, 0.15) is 24.4 Å². The van der Waals surface area contributed by atoms with E-state index in [-0.39, 0.29) is 6.42 Å². The van der Waals surface area contributed by atoms with Crippen LogP contribution < -0.4 is 0 Å². The molecule has 1 aliphatic rings. The summed E-state index contributed by atoms with van der Waals surface area (Å²) in [6.45, 7) is 0.0872. The Balaban J connectivity index is 2.60. The maximum absolute atomic E-state index is 10.1. The molecule has 18 heavy (non-hydrogen) atoms. The second-order valence-electron chi connectivity index (χ2n) is 5.02. The molecule has 108 valence electrons. The molecule has 0 aromatic rings. The van der Waals surface area contributed by atoms with Gasteiger partial charge in [-0.05, 0) is 27.1 Å². The van der Waals surface area contributed by atoms with Crippen molar-refractivity contribution in [3.05, 3.63) is 0 Å².